The summed E-state index contributed by atoms with van der Waals surface area (Å²) >= 11 is 0. The SMILES string of the molecule is CCCCC/C=C\CC1OC1C/C=C\C/C=C\CCCC(=O)O[C@H](COC(=O)CCC/C=C\C/C=C\C/C=C\CCCCCCCC)COP(=O)(O)OP(=O)(O)OC[C@H]1O[C@@H](n2ccc(N)nc2=O)[C@H](O)[C@@H]1O. The quantitative estimate of drug-likeness (QED) is 0.0134. The molecule has 6 N–H and O–H groups in total. The van der Waals surface area contributed by atoms with Gasteiger partial charge in [-0.05, 0) is 89.5 Å². The van der Waals surface area contributed by atoms with Gasteiger partial charge in [-0.1, -0.05) is 132 Å². The van der Waals surface area contributed by atoms with E-state index in [4.69, 9.17) is 33.7 Å². The zero-order valence-corrected chi connectivity index (χ0v) is 44.6. The third-order valence-corrected chi connectivity index (χ3v) is 14.3. The maximum Gasteiger partial charge on any atom is 0.481 e. The van der Waals surface area contributed by atoms with Crippen LogP contribution in [0.2, 0.25) is 0 Å². The van der Waals surface area contributed by atoms with Crippen LogP contribution in [-0.4, -0.2) is 97.9 Å². The van der Waals surface area contributed by atoms with Crippen molar-refractivity contribution in [1.29, 1.82) is 0 Å². The van der Waals surface area contributed by atoms with E-state index in [1.807, 2.05) is 24.3 Å². The lowest BCUT2D eigenvalue weighted by Crippen LogP contribution is -2.36. The monoisotopic (exact) mass is 1070 g/mol. The predicted molar refractivity (Wildman–Crippen MR) is 279 cm³/mol. The highest BCUT2D eigenvalue weighted by Crippen LogP contribution is 2.60. The lowest BCUT2D eigenvalue weighted by molar-refractivity contribution is -0.161. The van der Waals surface area contributed by atoms with Crippen molar-refractivity contribution in [2.24, 2.45) is 0 Å². The maximum absolute atomic E-state index is 12.9. The molecule has 0 saturated carbocycles. The number of carbonyl (C=O) groups excluding carboxylic acids is 2. The van der Waals surface area contributed by atoms with Gasteiger partial charge in [-0.15, -0.1) is 0 Å². The Labute approximate surface area is 431 Å². The molecular weight excluding hydrogens is 985 g/mol. The summed E-state index contributed by atoms with van der Waals surface area (Å²) in [6.07, 6.45) is 38.8. The van der Waals surface area contributed by atoms with Gasteiger partial charge in [0.05, 0.1) is 25.4 Å². The third-order valence-electron chi connectivity index (χ3n) is 11.7. The second kappa shape index (κ2) is 37.0. The van der Waals surface area contributed by atoms with E-state index in [1.165, 1.54) is 63.9 Å². The fraction of sp³-hybridized carbons (Fsp3) is 0.654. The van der Waals surface area contributed by atoms with Gasteiger partial charge in [0, 0.05) is 19.0 Å². The molecule has 21 heteroatoms. The van der Waals surface area contributed by atoms with Gasteiger partial charge in [0.1, 0.15) is 30.7 Å². The zero-order valence-electron chi connectivity index (χ0n) is 42.9. The first kappa shape index (κ1) is 63.5. The molecule has 2 fully saturated rings. The molecule has 2 saturated heterocycles. The Kier molecular flexibility index (Phi) is 32.2. The number of phosphoric acid groups is 2. The number of hydrogen-bond donors (Lipinski definition) is 5. The second-order valence-corrected chi connectivity index (χ2v) is 21.1. The van der Waals surface area contributed by atoms with Crippen molar-refractivity contribution in [3.8, 4) is 0 Å². The number of ether oxygens (including phenoxy) is 4. The summed E-state index contributed by atoms with van der Waals surface area (Å²) in [4.78, 5) is 61.9. The number of hydrogen-bond acceptors (Lipinski definition) is 16. The van der Waals surface area contributed by atoms with E-state index in [9.17, 15) is 43.5 Å². The van der Waals surface area contributed by atoms with E-state index in [0.717, 1.165) is 55.7 Å². The first-order valence-corrected chi connectivity index (χ1v) is 29.1. The number of aromatic nitrogens is 2. The highest BCUT2D eigenvalue weighted by molar-refractivity contribution is 7.61. The highest BCUT2D eigenvalue weighted by atomic mass is 31.3. The van der Waals surface area contributed by atoms with Crippen LogP contribution in [0.3, 0.4) is 0 Å². The van der Waals surface area contributed by atoms with Crippen molar-refractivity contribution in [3.05, 3.63) is 95.7 Å². The Bertz CT molecular complexity index is 2080. The number of anilines is 1. The number of aliphatic hydroxyl groups is 2. The second-order valence-electron chi connectivity index (χ2n) is 18.1. The lowest BCUT2D eigenvalue weighted by atomic mass is 10.1. The molecule has 0 aliphatic carbocycles. The van der Waals surface area contributed by atoms with Crippen LogP contribution in [0.4, 0.5) is 5.82 Å². The topological polar surface area (TPSA) is 278 Å². The summed E-state index contributed by atoms with van der Waals surface area (Å²) in [5.41, 5.74) is 4.58. The fourth-order valence-electron chi connectivity index (χ4n) is 7.48. The average molecular weight is 1070 g/mol. The van der Waals surface area contributed by atoms with Gasteiger partial charge < -0.3 is 44.7 Å². The van der Waals surface area contributed by atoms with E-state index in [1.54, 1.807) is 0 Å². The Morgan fingerprint density at radius 1 is 0.671 bits per heavy atom. The molecule has 9 atom stereocenters. The van der Waals surface area contributed by atoms with Gasteiger partial charge in [0.25, 0.3) is 0 Å². The zero-order chi connectivity index (χ0) is 53.2. The number of esters is 2. The van der Waals surface area contributed by atoms with Crippen molar-refractivity contribution in [2.75, 3.05) is 25.6 Å². The number of aliphatic hydroxyl groups excluding tert-OH is 2. The number of allylic oxidation sites excluding steroid dienone is 10. The molecule has 73 heavy (non-hydrogen) atoms. The van der Waals surface area contributed by atoms with Gasteiger partial charge >= 0.3 is 33.3 Å². The first-order chi connectivity index (χ1) is 35.1. The molecule has 2 aliphatic rings. The van der Waals surface area contributed by atoms with Crippen LogP contribution >= 0.6 is 15.6 Å². The van der Waals surface area contributed by atoms with Gasteiger partial charge in [0.15, 0.2) is 12.3 Å². The Hall–Kier alpha value is -3.84. The molecular formula is C52H83N3O16P2. The van der Waals surface area contributed by atoms with Crippen molar-refractivity contribution in [2.45, 2.75) is 198 Å². The molecule has 0 bridgehead atoms. The van der Waals surface area contributed by atoms with Crippen molar-refractivity contribution >= 4 is 33.4 Å². The average Bonchev–Trinajstić information content (AvgIpc) is 4.04. The normalized spacial score (nSPS) is 22.3. The number of unbranched alkanes of at least 4 members (excludes halogenated alkanes) is 11. The van der Waals surface area contributed by atoms with Crippen LogP contribution in [0.25, 0.3) is 0 Å². The number of epoxide rings is 1. The van der Waals surface area contributed by atoms with E-state index < -0.39 is 83.7 Å². The highest BCUT2D eigenvalue weighted by Gasteiger charge is 2.46. The van der Waals surface area contributed by atoms with Crippen LogP contribution in [0.5, 0.6) is 0 Å². The van der Waals surface area contributed by atoms with Gasteiger partial charge in [-0.25, -0.2) is 13.9 Å². The number of nitrogen functional groups attached to an aromatic ring is 1. The number of nitrogens with two attached hydrogens (primary N) is 1. The molecule has 0 aromatic carbocycles. The third kappa shape index (κ3) is 29.2. The molecule has 1 aromatic heterocycles. The number of nitrogens with zero attached hydrogens (tertiary/aromatic N) is 2. The van der Waals surface area contributed by atoms with Crippen molar-refractivity contribution < 1.29 is 71.0 Å². The van der Waals surface area contributed by atoms with Crippen LogP contribution in [-0.2, 0) is 51.0 Å². The molecule has 4 unspecified atom stereocenters. The van der Waals surface area contributed by atoms with Crippen LogP contribution in [0, 0.1) is 0 Å². The van der Waals surface area contributed by atoms with Crippen LogP contribution < -0.4 is 11.4 Å². The smallest absolute Gasteiger partial charge is 0.462 e. The van der Waals surface area contributed by atoms with E-state index in [2.05, 4.69) is 71.8 Å². The Morgan fingerprint density at radius 3 is 1.81 bits per heavy atom. The molecule has 412 valence electrons. The van der Waals surface area contributed by atoms with Crippen LogP contribution in [0.15, 0.2) is 90.0 Å². The summed E-state index contributed by atoms with van der Waals surface area (Å²) in [5, 5.41) is 20.9. The molecule has 0 spiro atoms. The molecule has 1 aromatic rings. The first-order valence-electron chi connectivity index (χ1n) is 26.1. The predicted octanol–water partition coefficient (Wildman–Crippen LogP) is 9.88. The maximum atomic E-state index is 12.9. The Morgan fingerprint density at radius 2 is 1.18 bits per heavy atom. The van der Waals surface area contributed by atoms with Gasteiger partial charge in [0.2, 0.25) is 0 Å². The molecule has 2 aliphatic heterocycles. The lowest BCUT2D eigenvalue weighted by Gasteiger charge is -2.21. The molecule has 3 rings (SSSR count). The molecule has 3 heterocycles. The number of carbonyl (C=O) groups is 2. The fourth-order valence-corrected chi connectivity index (χ4v) is 9.59. The largest absolute Gasteiger partial charge is 0.481 e. The van der Waals surface area contributed by atoms with Gasteiger partial charge in [-0.3, -0.25) is 23.2 Å². The summed E-state index contributed by atoms with van der Waals surface area (Å²) in [6, 6.07) is 1.24. The standard InChI is InChI=1S/C52H83N3O16P2/c1-3-5-7-9-11-12-13-14-15-16-17-18-19-20-23-27-31-35-47(56)65-39-42(68-48(57)36-32-28-24-21-22-26-30-34-44-43(69-44)33-29-25-10-8-6-4-2)40-66-72(61,62)71-73(63,64)67-41-45-49(58)50(59)51(70-45)55-38-37-46(53)54-52(55)60/h14-15,17-18,20-21,23-26,29-30,37-38,42-45,49-51,58-59H,3-13,16,19,22,27-28,31-36,39-41H2,1-2H3,(H,61,62)(H,63,64)(H2,53,54,60)/b15-14-,18-17-,23-20-,24-21-,29-25-,30-26-/t42-,43?,44?,45-,49-,50-,51-/m1/s1. The van der Waals surface area contributed by atoms with Crippen molar-refractivity contribution in [1.82, 2.24) is 9.55 Å². The van der Waals surface area contributed by atoms with Crippen molar-refractivity contribution in [3.63, 3.8) is 0 Å². The van der Waals surface area contributed by atoms with Crippen LogP contribution in [0.1, 0.15) is 161 Å². The van der Waals surface area contributed by atoms with E-state index >= 15 is 0 Å². The van der Waals surface area contributed by atoms with Gasteiger partial charge in [-0.2, -0.15) is 9.29 Å². The molecule has 19 nitrogen and oxygen atoms in total. The van der Waals surface area contributed by atoms with E-state index in [0.29, 0.717) is 25.7 Å². The number of rotatable bonds is 41. The minimum absolute atomic E-state index is 0.0375. The summed E-state index contributed by atoms with van der Waals surface area (Å²) in [5.74, 6) is -1.44. The summed E-state index contributed by atoms with van der Waals surface area (Å²) in [6.45, 7) is 2.00. The number of phosphoric ester groups is 2. The molecule has 0 radical (unpaired) electrons. The minimum atomic E-state index is -5.45. The summed E-state index contributed by atoms with van der Waals surface area (Å²) < 4.78 is 62.5. The van der Waals surface area contributed by atoms with E-state index in [-0.39, 0.29) is 30.9 Å². The minimum Gasteiger partial charge on any atom is -0.462 e. The molecule has 0 amide bonds. The Balaban J connectivity index is 1.43. The summed E-state index contributed by atoms with van der Waals surface area (Å²) in [7, 11) is -10.9.